The molecular weight excluding hydrogens is 511 g/mol. The lowest BCUT2D eigenvalue weighted by atomic mass is 10.1. The number of rotatable bonds is 7. The number of alkyl halides is 3. The molecule has 3 aromatic rings. The van der Waals surface area contributed by atoms with Crippen molar-refractivity contribution in [3.8, 4) is 11.4 Å². The molecule has 39 heavy (non-hydrogen) atoms. The Kier molecular flexibility index (Phi) is 7.70. The Labute approximate surface area is 223 Å². The van der Waals surface area contributed by atoms with E-state index in [-0.39, 0.29) is 22.9 Å². The average Bonchev–Trinajstić information content (AvgIpc) is 3.40. The zero-order valence-corrected chi connectivity index (χ0v) is 21.4. The predicted molar refractivity (Wildman–Crippen MR) is 141 cm³/mol. The summed E-state index contributed by atoms with van der Waals surface area (Å²) < 4.78 is 46.7. The van der Waals surface area contributed by atoms with Crippen molar-refractivity contribution in [1.29, 1.82) is 0 Å². The molecule has 0 radical (unpaired) electrons. The normalized spacial score (nSPS) is 16.6. The minimum Gasteiger partial charge on any atom is -0.479 e. The van der Waals surface area contributed by atoms with Gasteiger partial charge in [0.2, 0.25) is 11.7 Å². The summed E-state index contributed by atoms with van der Waals surface area (Å²) in [5, 5.41) is 2.71. The van der Waals surface area contributed by atoms with Crippen LogP contribution in [0.25, 0.3) is 11.3 Å². The molecule has 2 amide bonds. The summed E-state index contributed by atoms with van der Waals surface area (Å²) in [6.45, 7) is 8.66. The largest absolute Gasteiger partial charge is 0.479 e. The number of aromatic nitrogens is 3. The van der Waals surface area contributed by atoms with E-state index in [1.165, 1.54) is 36.2 Å². The molecule has 1 aliphatic rings. The van der Waals surface area contributed by atoms with Crippen LogP contribution in [-0.4, -0.2) is 38.5 Å². The second-order valence-corrected chi connectivity index (χ2v) is 8.69. The van der Waals surface area contributed by atoms with E-state index >= 15 is 0 Å². The Morgan fingerprint density at radius 1 is 1.23 bits per heavy atom. The molecule has 0 saturated carbocycles. The van der Waals surface area contributed by atoms with E-state index in [1.54, 1.807) is 31.3 Å². The van der Waals surface area contributed by atoms with Gasteiger partial charge in [0.25, 0.3) is 5.91 Å². The van der Waals surface area contributed by atoms with Gasteiger partial charge in [0.1, 0.15) is 17.6 Å². The fourth-order valence-corrected chi connectivity index (χ4v) is 4.16. The molecule has 8 nitrogen and oxygen atoms in total. The number of ether oxygens (including phenoxy) is 1. The molecule has 0 bridgehead atoms. The molecule has 1 aromatic carbocycles. The van der Waals surface area contributed by atoms with Crippen molar-refractivity contribution in [3.05, 3.63) is 91.2 Å². The van der Waals surface area contributed by atoms with Gasteiger partial charge in [0, 0.05) is 30.2 Å². The number of halogens is 3. The lowest BCUT2D eigenvalue weighted by molar-refractivity contribution is -0.145. The topological polar surface area (TPSA) is 89.4 Å². The standard InChI is InChI=1S/C28H26F3N5O3/c1-5-7-19(8-6-2)20-9-12-24(33-16-20)34-25(37)17(3)36-22-11-10-21(15-23(22)39-18(4)26(36)38)35-14-13-32-27(35)28(29,30)31/h5-18H,1H2,2-4H3,(H,33,34,37)/b8-6-,19-7+. The number of imidazole rings is 1. The first kappa shape index (κ1) is 27.4. The van der Waals surface area contributed by atoms with E-state index in [9.17, 15) is 22.8 Å². The van der Waals surface area contributed by atoms with Gasteiger partial charge in [-0.05, 0) is 50.6 Å². The maximum Gasteiger partial charge on any atom is 0.450 e. The maximum atomic E-state index is 13.4. The zero-order chi connectivity index (χ0) is 28.3. The highest BCUT2D eigenvalue weighted by molar-refractivity contribution is 6.07. The fourth-order valence-electron chi connectivity index (χ4n) is 4.16. The molecule has 2 atom stereocenters. The first-order valence-corrected chi connectivity index (χ1v) is 12.0. The number of hydrogen-bond donors (Lipinski definition) is 1. The molecule has 0 saturated heterocycles. The van der Waals surface area contributed by atoms with Crippen LogP contribution in [0.2, 0.25) is 0 Å². The minimum absolute atomic E-state index is 0.143. The van der Waals surface area contributed by atoms with Gasteiger partial charge in [-0.15, -0.1) is 0 Å². The Hall–Kier alpha value is -4.67. The number of hydrogen-bond acceptors (Lipinski definition) is 5. The number of anilines is 2. The van der Waals surface area contributed by atoms with Crippen LogP contribution in [0.5, 0.6) is 5.75 Å². The lowest BCUT2D eigenvalue weighted by Gasteiger charge is -2.36. The summed E-state index contributed by atoms with van der Waals surface area (Å²) in [6, 6.07) is 6.69. The van der Waals surface area contributed by atoms with Crippen molar-refractivity contribution in [2.75, 3.05) is 10.2 Å². The van der Waals surface area contributed by atoms with Gasteiger partial charge in [-0.2, -0.15) is 13.2 Å². The van der Waals surface area contributed by atoms with E-state index < -0.39 is 36.0 Å². The summed E-state index contributed by atoms with van der Waals surface area (Å²) in [4.78, 5) is 35.2. The van der Waals surface area contributed by atoms with Crippen LogP contribution in [-0.2, 0) is 15.8 Å². The van der Waals surface area contributed by atoms with Gasteiger partial charge in [0.15, 0.2) is 6.10 Å². The van der Waals surface area contributed by atoms with Gasteiger partial charge in [-0.25, -0.2) is 9.97 Å². The number of allylic oxidation sites excluding steroid dienone is 5. The Balaban J connectivity index is 1.59. The third-order valence-corrected chi connectivity index (χ3v) is 6.02. The van der Waals surface area contributed by atoms with E-state index in [2.05, 4.69) is 21.9 Å². The van der Waals surface area contributed by atoms with E-state index in [1.807, 2.05) is 25.2 Å². The summed E-state index contributed by atoms with van der Waals surface area (Å²) in [7, 11) is 0. The van der Waals surface area contributed by atoms with Gasteiger partial charge in [0.05, 0.1) is 11.4 Å². The molecule has 0 aliphatic carbocycles. The number of nitrogens with one attached hydrogen (secondary N) is 1. The Bertz CT molecular complexity index is 1460. The van der Waals surface area contributed by atoms with E-state index in [4.69, 9.17) is 4.74 Å². The zero-order valence-electron chi connectivity index (χ0n) is 21.4. The number of carbonyl (C=O) groups is 2. The van der Waals surface area contributed by atoms with Crippen LogP contribution in [0.3, 0.4) is 0 Å². The summed E-state index contributed by atoms with van der Waals surface area (Å²) >= 11 is 0. The molecule has 0 fully saturated rings. The first-order valence-electron chi connectivity index (χ1n) is 12.0. The molecule has 4 rings (SSSR count). The van der Waals surface area contributed by atoms with Crippen molar-refractivity contribution < 1.29 is 27.5 Å². The summed E-state index contributed by atoms with van der Waals surface area (Å²) in [5.41, 5.74) is 2.12. The molecule has 1 N–H and O–H groups in total. The van der Waals surface area contributed by atoms with Crippen molar-refractivity contribution in [1.82, 2.24) is 14.5 Å². The SMILES string of the molecule is C=C/C=C(\C=C/C)c1ccc(NC(=O)C(C)N2C(=O)C(C)Oc3cc(-n4ccnc4C(F)(F)F)ccc32)nc1. The van der Waals surface area contributed by atoms with Crippen LogP contribution < -0.4 is 15.0 Å². The van der Waals surface area contributed by atoms with Gasteiger partial charge >= 0.3 is 6.18 Å². The maximum absolute atomic E-state index is 13.4. The third kappa shape index (κ3) is 5.62. The van der Waals surface area contributed by atoms with Crippen LogP contribution >= 0.6 is 0 Å². The number of fused-ring (bicyclic) bond motifs is 1. The highest BCUT2D eigenvalue weighted by atomic mass is 19.4. The van der Waals surface area contributed by atoms with Crippen molar-refractivity contribution in [2.45, 2.75) is 39.1 Å². The monoisotopic (exact) mass is 537 g/mol. The van der Waals surface area contributed by atoms with Crippen LogP contribution in [0.15, 0.2) is 79.8 Å². The number of carbonyl (C=O) groups excluding carboxylic acids is 2. The summed E-state index contributed by atoms with van der Waals surface area (Å²) in [6.07, 6.45) is 5.51. The second-order valence-electron chi connectivity index (χ2n) is 8.69. The minimum atomic E-state index is -4.66. The highest BCUT2D eigenvalue weighted by Crippen LogP contribution is 2.38. The molecule has 0 spiro atoms. The first-order chi connectivity index (χ1) is 18.5. The lowest BCUT2D eigenvalue weighted by Crippen LogP contribution is -2.52. The number of pyridine rings is 1. The molecule has 2 aromatic heterocycles. The number of amides is 2. The average molecular weight is 538 g/mol. The number of benzene rings is 1. The number of nitrogens with zero attached hydrogens (tertiary/aromatic N) is 4. The summed E-state index contributed by atoms with van der Waals surface area (Å²) in [5.74, 6) is -1.61. The van der Waals surface area contributed by atoms with Crippen LogP contribution in [0.1, 0.15) is 32.2 Å². The quantitative estimate of drug-likeness (QED) is 0.398. The molecule has 11 heteroatoms. The highest BCUT2D eigenvalue weighted by Gasteiger charge is 2.39. The van der Waals surface area contributed by atoms with Gasteiger partial charge in [-0.3, -0.25) is 19.1 Å². The van der Waals surface area contributed by atoms with Gasteiger partial charge in [-0.1, -0.05) is 30.9 Å². The third-order valence-electron chi connectivity index (χ3n) is 6.02. The Morgan fingerprint density at radius 2 is 2.00 bits per heavy atom. The predicted octanol–water partition coefficient (Wildman–Crippen LogP) is 5.57. The molecule has 3 heterocycles. The Morgan fingerprint density at radius 3 is 2.64 bits per heavy atom. The van der Waals surface area contributed by atoms with Gasteiger partial charge < -0.3 is 10.1 Å². The van der Waals surface area contributed by atoms with Crippen molar-refractivity contribution in [2.24, 2.45) is 0 Å². The molecule has 2 unspecified atom stereocenters. The van der Waals surface area contributed by atoms with E-state index in [0.717, 1.165) is 21.9 Å². The molecule has 1 aliphatic heterocycles. The van der Waals surface area contributed by atoms with Crippen molar-refractivity contribution >= 4 is 28.9 Å². The van der Waals surface area contributed by atoms with E-state index in [0.29, 0.717) is 0 Å². The second kappa shape index (κ2) is 11.0. The smallest absolute Gasteiger partial charge is 0.450 e. The molecular formula is C28H26F3N5O3. The van der Waals surface area contributed by atoms with Crippen LogP contribution in [0, 0.1) is 0 Å². The van der Waals surface area contributed by atoms with Crippen molar-refractivity contribution in [3.63, 3.8) is 0 Å². The molecule has 202 valence electrons. The fraction of sp³-hybridized carbons (Fsp3) is 0.214. The van der Waals surface area contributed by atoms with Crippen LogP contribution in [0.4, 0.5) is 24.7 Å².